The van der Waals surface area contributed by atoms with Gasteiger partial charge in [0.25, 0.3) is 0 Å². The molecule has 2 aliphatic rings. The van der Waals surface area contributed by atoms with Crippen molar-refractivity contribution in [2.24, 2.45) is 5.92 Å². The summed E-state index contributed by atoms with van der Waals surface area (Å²) in [5.74, 6) is -0.706. The van der Waals surface area contributed by atoms with Crippen molar-refractivity contribution in [2.45, 2.75) is 37.3 Å². The molecule has 18 heavy (non-hydrogen) atoms. The fourth-order valence-corrected chi connectivity index (χ4v) is 3.85. The topological polar surface area (TPSA) is 40.5 Å². The number of likely N-dealkylation sites (N-methyl/N-ethyl adjacent to an activating group) is 1. The number of nitrogens with zero attached hydrogens (tertiary/aromatic N) is 1. The van der Waals surface area contributed by atoms with E-state index in [1.807, 2.05) is 18.2 Å². The Hall–Kier alpha value is -1.35. The fourth-order valence-electron chi connectivity index (χ4n) is 3.85. The second-order valence-electron chi connectivity index (χ2n) is 5.58. The minimum absolute atomic E-state index is 0.146. The van der Waals surface area contributed by atoms with Gasteiger partial charge in [0.05, 0.1) is 5.92 Å². The van der Waals surface area contributed by atoms with Gasteiger partial charge in [-0.1, -0.05) is 30.3 Å². The van der Waals surface area contributed by atoms with E-state index >= 15 is 0 Å². The Morgan fingerprint density at radius 2 is 2.00 bits per heavy atom. The quantitative estimate of drug-likeness (QED) is 0.869. The summed E-state index contributed by atoms with van der Waals surface area (Å²) in [5.41, 5.74) is 1.18. The highest BCUT2D eigenvalue weighted by Gasteiger charge is 2.48. The van der Waals surface area contributed by atoms with Gasteiger partial charge in [0.1, 0.15) is 0 Å². The van der Waals surface area contributed by atoms with Gasteiger partial charge in [-0.15, -0.1) is 0 Å². The zero-order valence-electron chi connectivity index (χ0n) is 10.6. The summed E-state index contributed by atoms with van der Waals surface area (Å²) in [4.78, 5) is 13.9. The number of carboxylic acid groups (broad SMARTS) is 1. The van der Waals surface area contributed by atoms with E-state index in [0.717, 1.165) is 19.3 Å². The summed E-state index contributed by atoms with van der Waals surface area (Å²) >= 11 is 0. The first kappa shape index (κ1) is 11.7. The summed E-state index contributed by atoms with van der Waals surface area (Å²) in [6.07, 6.45) is 3.07. The van der Waals surface area contributed by atoms with Crippen LogP contribution in [0.2, 0.25) is 0 Å². The fraction of sp³-hybridized carbons (Fsp3) is 0.533. The second kappa shape index (κ2) is 4.39. The molecule has 4 atom stereocenters. The molecule has 2 aliphatic heterocycles. The molecule has 3 nitrogen and oxygen atoms in total. The Bertz CT molecular complexity index is 445. The van der Waals surface area contributed by atoms with Crippen molar-refractivity contribution >= 4 is 5.97 Å². The van der Waals surface area contributed by atoms with Crippen molar-refractivity contribution in [3.8, 4) is 0 Å². The zero-order chi connectivity index (χ0) is 12.7. The molecule has 3 heteroatoms. The number of benzene rings is 1. The van der Waals surface area contributed by atoms with E-state index in [1.54, 1.807) is 0 Å². The number of rotatable bonds is 2. The predicted octanol–water partition coefficient (Wildman–Crippen LogP) is 2.34. The molecular formula is C15H19NO2. The number of fused-ring (bicyclic) bond motifs is 2. The number of piperidine rings is 1. The monoisotopic (exact) mass is 245 g/mol. The first-order valence-electron chi connectivity index (χ1n) is 6.68. The summed E-state index contributed by atoms with van der Waals surface area (Å²) in [6, 6.07) is 11.0. The Labute approximate surface area is 107 Å². The maximum absolute atomic E-state index is 11.5. The highest BCUT2D eigenvalue weighted by Crippen LogP contribution is 2.46. The lowest BCUT2D eigenvalue weighted by Crippen LogP contribution is -2.47. The summed E-state index contributed by atoms with van der Waals surface area (Å²) in [6.45, 7) is 0. The van der Waals surface area contributed by atoms with E-state index in [2.05, 4.69) is 24.1 Å². The Kier molecular flexibility index (Phi) is 2.86. The summed E-state index contributed by atoms with van der Waals surface area (Å²) < 4.78 is 0. The molecule has 3 unspecified atom stereocenters. The maximum Gasteiger partial charge on any atom is 0.307 e. The van der Waals surface area contributed by atoms with Crippen molar-refractivity contribution in [3.63, 3.8) is 0 Å². The zero-order valence-corrected chi connectivity index (χ0v) is 10.6. The normalized spacial score (nSPS) is 35.6. The van der Waals surface area contributed by atoms with E-state index in [1.165, 1.54) is 5.56 Å². The standard InChI is InChI=1S/C15H19NO2/c1-16-11-7-8-13(16)14(12(9-11)15(17)18)10-5-3-2-4-6-10/h2-6,11-14H,7-9H2,1H3,(H,17,18)/t11?,12?,13-,14?/m0/s1. The van der Waals surface area contributed by atoms with Gasteiger partial charge in [0.2, 0.25) is 0 Å². The number of aliphatic carboxylic acids is 1. The van der Waals surface area contributed by atoms with Crippen LogP contribution in [0.3, 0.4) is 0 Å². The second-order valence-corrected chi connectivity index (χ2v) is 5.58. The molecule has 0 aliphatic carbocycles. The maximum atomic E-state index is 11.5. The van der Waals surface area contributed by atoms with Gasteiger partial charge in [-0.2, -0.15) is 0 Å². The molecule has 96 valence electrons. The molecule has 1 aromatic carbocycles. The summed E-state index contributed by atoms with van der Waals surface area (Å²) in [7, 11) is 2.15. The molecule has 2 bridgehead atoms. The van der Waals surface area contributed by atoms with Crippen LogP contribution in [0.15, 0.2) is 30.3 Å². The molecule has 0 amide bonds. The van der Waals surface area contributed by atoms with Gasteiger partial charge in [-0.25, -0.2) is 0 Å². The van der Waals surface area contributed by atoms with Crippen LogP contribution >= 0.6 is 0 Å². The molecule has 2 heterocycles. The highest BCUT2D eigenvalue weighted by atomic mass is 16.4. The number of carboxylic acids is 1. The molecule has 0 radical (unpaired) electrons. The van der Waals surface area contributed by atoms with E-state index in [9.17, 15) is 9.90 Å². The molecule has 1 N–H and O–H groups in total. The number of hydrogen-bond donors (Lipinski definition) is 1. The van der Waals surface area contributed by atoms with Crippen LogP contribution in [0.5, 0.6) is 0 Å². The summed E-state index contributed by atoms with van der Waals surface area (Å²) in [5, 5.41) is 9.50. The molecule has 2 fully saturated rings. The lowest BCUT2D eigenvalue weighted by molar-refractivity contribution is -0.145. The number of carbonyl (C=O) groups is 1. The van der Waals surface area contributed by atoms with Crippen molar-refractivity contribution in [1.29, 1.82) is 0 Å². The van der Waals surface area contributed by atoms with Crippen LogP contribution in [0, 0.1) is 5.92 Å². The van der Waals surface area contributed by atoms with Gasteiger partial charge in [-0.05, 0) is 31.9 Å². The van der Waals surface area contributed by atoms with E-state index in [4.69, 9.17) is 0 Å². The van der Waals surface area contributed by atoms with E-state index in [0.29, 0.717) is 12.1 Å². The molecule has 0 spiro atoms. The van der Waals surface area contributed by atoms with Crippen LogP contribution < -0.4 is 0 Å². The third kappa shape index (κ3) is 1.74. The van der Waals surface area contributed by atoms with Gasteiger partial charge in [0.15, 0.2) is 0 Å². The Morgan fingerprint density at radius 1 is 1.28 bits per heavy atom. The highest BCUT2D eigenvalue weighted by molar-refractivity contribution is 5.72. The van der Waals surface area contributed by atoms with E-state index < -0.39 is 5.97 Å². The average Bonchev–Trinajstić information content (AvgIpc) is 2.63. The van der Waals surface area contributed by atoms with E-state index in [-0.39, 0.29) is 11.8 Å². The van der Waals surface area contributed by atoms with Crippen LogP contribution in [-0.2, 0) is 4.79 Å². The van der Waals surface area contributed by atoms with Crippen LogP contribution in [0.4, 0.5) is 0 Å². The van der Waals surface area contributed by atoms with Crippen LogP contribution in [0.25, 0.3) is 0 Å². The first-order valence-corrected chi connectivity index (χ1v) is 6.68. The minimum Gasteiger partial charge on any atom is -0.481 e. The molecule has 2 saturated heterocycles. The van der Waals surface area contributed by atoms with Crippen molar-refractivity contribution in [2.75, 3.05) is 7.05 Å². The van der Waals surface area contributed by atoms with Gasteiger partial charge >= 0.3 is 5.97 Å². The lowest BCUT2D eigenvalue weighted by Gasteiger charge is -2.41. The predicted molar refractivity (Wildman–Crippen MR) is 69.5 cm³/mol. The Morgan fingerprint density at radius 3 is 2.67 bits per heavy atom. The third-order valence-electron chi connectivity index (χ3n) is 4.77. The molecular weight excluding hydrogens is 226 g/mol. The van der Waals surface area contributed by atoms with Crippen LogP contribution in [0.1, 0.15) is 30.7 Å². The van der Waals surface area contributed by atoms with Crippen molar-refractivity contribution in [3.05, 3.63) is 35.9 Å². The van der Waals surface area contributed by atoms with Crippen molar-refractivity contribution < 1.29 is 9.90 Å². The SMILES string of the molecule is CN1C2CC[C@H]1C(c1ccccc1)C(C(=O)O)C2. The smallest absolute Gasteiger partial charge is 0.307 e. The van der Waals surface area contributed by atoms with Crippen LogP contribution in [-0.4, -0.2) is 35.1 Å². The largest absolute Gasteiger partial charge is 0.481 e. The minimum atomic E-state index is -0.631. The molecule has 3 rings (SSSR count). The molecule has 0 saturated carbocycles. The third-order valence-corrected chi connectivity index (χ3v) is 4.77. The van der Waals surface area contributed by atoms with Gasteiger partial charge < -0.3 is 5.11 Å². The van der Waals surface area contributed by atoms with Crippen molar-refractivity contribution in [1.82, 2.24) is 4.90 Å². The molecule has 0 aromatic heterocycles. The average molecular weight is 245 g/mol. The lowest BCUT2D eigenvalue weighted by atomic mass is 9.76. The number of hydrogen-bond acceptors (Lipinski definition) is 2. The Balaban J connectivity index is 1.99. The molecule has 1 aromatic rings. The van der Waals surface area contributed by atoms with Gasteiger partial charge in [0, 0.05) is 18.0 Å². The van der Waals surface area contributed by atoms with Gasteiger partial charge in [-0.3, -0.25) is 9.69 Å². The first-order chi connectivity index (χ1) is 8.68.